The van der Waals surface area contributed by atoms with Gasteiger partial charge in [0.25, 0.3) is 5.91 Å². The summed E-state index contributed by atoms with van der Waals surface area (Å²) in [5, 5.41) is 6.96. The molecule has 0 aliphatic carbocycles. The molecule has 9 heteroatoms. The van der Waals surface area contributed by atoms with E-state index in [0.717, 1.165) is 10.6 Å². The summed E-state index contributed by atoms with van der Waals surface area (Å²) in [6.45, 7) is 1.51. The number of oxazole rings is 1. The molecule has 0 spiro atoms. The zero-order chi connectivity index (χ0) is 18.8. The molecule has 4 aromatic rings. The summed E-state index contributed by atoms with van der Waals surface area (Å²) < 4.78 is 10.4. The lowest BCUT2D eigenvalue weighted by Crippen LogP contribution is -2.29. The summed E-state index contributed by atoms with van der Waals surface area (Å²) >= 11 is 2.89. The Morgan fingerprint density at radius 3 is 2.96 bits per heavy atom. The van der Waals surface area contributed by atoms with E-state index in [1.54, 1.807) is 29.5 Å². The molecule has 3 heterocycles. The van der Waals surface area contributed by atoms with Gasteiger partial charge in [0.15, 0.2) is 23.2 Å². The van der Waals surface area contributed by atoms with Crippen molar-refractivity contribution in [2.45, 2.75) is 13.0 Å². The van der Waals surface area contributed by atoms with Crippen molar-refractivity contribution in [2.24, 2.45) is 0 Å². The van der Waals surface area contributed by atoms with Gasteiger partial charge in [0, 0.05) is 5.38 Å². The second kappa shape index (κ2) is 7.29. The molecule has 0 radical (unpaired) electrons. The monoisotopic (exact) mass is 399 g/mol. The lowest BCUT2D eigenvalue weighted by molar-refractivity contribution is -0.123. The molecule has 7 nitrogen and oxygen atoms in total. The van der Waals surface area contributed by atoms with Crippen LogP contribution in [0.25, 0.3) is 21.7 Å². The number of carbonyl (C=O) groups excluding carboxylic acids is 2. The van der Waals surface area contributed by atoms with Gasteiger partial charge in [-0.2, -0.15) is 0 Å². The van der Waals surface area contributed by atoms with E-state index in [0.29, 0.717) is 21.8 Å². The summed E-state index contributed by atoms with van der Waals surface area (Å²) in [5.41, 5.74) is 2.22. The van der Waals surface area contributed by atoms with Crippen LogP contribution in [0.1, 0.15) is 17.3 Å². The van der Waals surface area contributed by atoms with Crippen molar-refractivity contribution >= 4 is 50.8 Å². The Labute approximate surface area is 161 Å². The molecule has 1 aromatic carbocycles. The highest BCUT2D eigenvalue weighted by Crippen LogP contribution is 2.28. The Morgan fingerprint density at radius 2 is 2.15 bits per heavy atom. The number of benzene rings is 1. The highest BCUT2D eigenvalue weighted by Gasteiger charge is 2.20. The number of esters is 1. The second-order valence-corrected chi connectivity index (χ2v) is 7.39. The fraction of sp³-hybridized carbons (Fsp3) is 0.111. The van der Waals surface area contributed by atoms with Crippen LogP contribution in [0, 0.1) is 0 Å². The van der Waals surface area contributed by atoms with Crippen LogP contribution in [-0.4, -0.2) is 27.9 Å². The smallest absolute Gasteiger partial charge is 0.338 e. The highest BCUT2D eigenvalue weighted by molar-refractivity contribution is 7.16. The Bertz CT molecular complexity index is 1100. The van der Waals surface area contributed by atoms with Crippen molar-refractivity contribution < 1.29 is 18.7 Å². The van der Waals surface area contributed by atoms with Gasteiger partial charge < -0.3 is 9.15 Å². The minimum Gasteiger partial charge on any atom is -0.449 e. The standard InChI is InChI=1S/C18H13N3O4S2/c1-10(25-17(23)11-4-5-14-12(7-11)19-9-24-14)16(22)21-18-20-13(8-27-18)15-3-2-6-26-15/h2-10H,1H3,(H,20,21,22). The van der Waals surface area contributed by atoms with Crippen molar-refractivity contribution in [3.8, 4) is 10.6 Å². The number of fused-ring (bicyclic) bond motifs is 1. The van der Waals surface area contributed by atoms with E-state index in [2.05, 4.69) is 15.3 Å². The Kier molecular flexibility index (Phi) is 4.69. The number of anilines is 1. The van der Waals surface area contributed by atoms with Gasteiger partial charge in [0.05, 0.1) is 16.1 Å². The number of hydrogen-bond donors (Lipinski definition) is 1. The van der Waals surface area contributed by atoms with Gasteiger partial charge in [-0.1, -0.05) is 6.07 Å². The van der Waals surface area contributed by atoms with Crippen LogP contribution in [0.15, 0.2) is 51.9 Å². The number of nitrogens with one attached hydrogen (secondary N) is 1. The Balaban J connectivity index is 1.39. The molecule has 1 N–H and O–H groups in total. The minimum atomic E-state index is -0.973. The first-order chi connectivity index (χ1) is 13.1. The number of nitrogens with zero attached hydrogens (tertiary/aromatic N) is 2. The van der Waals surface area contributed by atoms with E-state index in [1.807, 2.05) is 22.9 Å². The van der Waals surface area contributed by atoms with Crippen LogP contribution < -0.4 is 5.32 Å². The molecule has 136 valence electrons. The van der Waals surface area contributed by atoms with Gasteiger partial charge in [-0.15, -0.1) is 22.7 Å². The van der Waals surface area contributed by atoms with Crippen molar-refractivity contribution in [1.29, 1.82) is 0 Å². The summed E-state index contributed by atoms with van der Waals surface area (Å²) in [6, 6.07) is 8.65. The molecule has 1 atom stereocenters. The number of aromatic nitrogens is 2. The molecule has 27 heavy (non-hydrogen) atoms. The number of ether oxygens (including phenoxy) is 1. The normalized spacial score (nSPS) is 12.0. The molecule has 4 rings (SSSR count). The summed E-state index contributed by atoms with van der Waals surface area (Å²) in [5.74, 6) is -1.06. The lowest BCUT2D eigenvalue weighted by Gasteiger charge is -2.12. The molecule has 0 aliphatic rings. The van der Waals surface area contributed by atoms with Crippen molar-refractivity contribution in [2.75, 3.05) is 5.32 Å². The molecule has 0 saturated carbocycles. The molecule has 0 fully saturated rings. The molecule has 1 amide bonds. The van der Waals surface area contributed by atoms with Gasteiger partial charge in [-0.05, 0) is 36.6 Å². The van der Waals surface area contributed by atoms with Crippen LogP contribution in [0.3, 0.4) is 0 Å². The maximum atomic E-state index is 12.3. The third kappa shape index (κ3) is 3.74. The van der Waals surface area contributed by atoms with Crippen molar-refractivity contribution in [1.82, 2.24) is 9.97 Å². The topological polar surface area (TPSA) is 94.3 Å². The number of amides is 1. The molecule has 1 unspecified atom stereocenters. The average Bonchev–Trinajstić information content (AvgIpc) is 3.41. The van der Waals surface area contributed by atoms with Gasteiger partial charge in [-0.3, -0.25) is 10.1 Å². The molecule has 3 aromatic heterocycles. The first-order valence-electron chi connectivity index (χ1n) is 7.94. The Hall–Kier alpha value is -3.04. The number of thiazole rings is 1. The van der Waals surface area contributed by atoms with Crippen LogP contribution in [0.5, 0.6) is 0 Å². The van der Waals surface area contributed by atoms with E-state index < -0.39 is 18.0 Å². The van der Waals surface area contributed by atoms with Gasteiger partial charge in [0.1, 0.15) is 5.52 Å². The highest BCUT2D eigenvalue weighted by atomic mass is 32.1. The van der Waals surface area contributed by atoms with E-state index in [4.69, 9.17) is 9.15 Å². The summed E-state index contributed by atoms with van der Waals surface area (Å²) in [4.78, 5) is 34.0. The molecular weight excluding hydrogens is 386 g/mol. The number of rotatable bonds is 5. The van der Waals surface area contributed by atoms with Gasteiger partial charge >= 0.3 is 5.97 Å². The maximum Gasteiger partial charge on any atom is 0.338 e. The molecule has 0 bridgehead atoms. The fourth-order valence-corrected chi connectivity index (χ4v) is 3.82. The third-order valence-electron chi connectivity index (χ3n) is 3.73. The quantitative estimate of drug-likeness (QED) is 0.506. The third-order valence-corrected chi connectivity index (χ3v) is 5.38. The van der Waals surface area contributed by atoms with E-state index in [1.165, 1.54) is 24.7 Å². The average molecular weight is 399 g/mol. The van der Waals surface area contributed by atoms with Crippen LogP contribution in [0.2, 0.25) is 0 Å². The first kappa shape index (κ1) is 17.4. The van der Waals surface area contributed by atoms with E-state index in [-0.39, 0.29) is 0 Å². The number of hydrogen-bond acceptors (Lipinski definition) is 8. The van der Waals surface area contributed by atoms with Crippen molar-refractivity contribution in [3.05, 3.63) is 53.0 Å². The number of thiophene rings is 1. The van der Waals surface area contributed by atoms with Crippen LogP contribution in [-0.2, 0) is 9.53 Å². The molecule has 0 saturated heterocycles. The summed E-state index contributed by atoms with van der Waals surface area (Å²) in [7, 11) is 0. The first-order valence-corrected chi connectivity index (χ1v) is 9.70. The van der Waals surface area contributed by atoms with Crippen LogP contribution >= 0.6 is 22.7 Å². The molecule has 0 aliphatic heterocycles. The van der Waals surface area contributed by atoms with Gasteiger partial charge in [-0.25, -0.2) is 14.8 Å². The number of carbonyl (C=O) groups is 2. The zero-order valence-electron chi connectivity index (χ0n) is 14.0. The van der Waals surface area contributed by atoms with E-state index >= 15 is 0 Å². The predicted octanol–water partition coefficient (Wildman–Crippen LogP) is 4.20. The minimum absolute atomic E-state index is 0.297. The largest absolute Gasteiger partial charge is 0.449 e. The van der Waals surface area contributed by atoms with Gasteiger partial charge in [0.2, 0.25) is 0 Å². The van der Waals surface area contributed by atoms with Crippen molar-refractivity contribution in [3.63, 3.8) is 0 Å². The maximum absolute atomic E-state index is 12.3. The Morgan fingerprint density at radius 1 is 1.26 bits per heavy atom. The lowest BCUT2D eigenvalue weighted by atomic mass is 10.2. The fourth-order valence-electron chi connectivity index (χ4n) is 2.34. The second-order valence-electron chi connectivity index (χ2n) is 5.59. The zero-order valence-corrected chi connectivity index (χ0v) is 15.7. The van der Waals surface area contributed by atoms with E-state index in [9.17, 15) is 9.59 Å². The molecular formula is C18H13N3O4S2. The SMILES string of the molecule is CC(OC(=O)c1ccc2ocnc2c1)C(=O)Nc1nc(-c2cccs2)cs1. The summed E-state index contributed by atoms with van der Waals surface area (Å²) in [6.07, 6.45) is 0.327. The van der Waals surface area contributed by atoms with Crippen LogP contribution in [0.4, 0.5) is 5.13 Å². The predicted molar refractivity (Wildman–Crippen MR) is 103 cm³/mol.